The molecule has 0 radical (unpaired) electrons. The number of hydrogen-bond donors (Lipinski definition) is 2. The van der Waals surface area contributed by atoms with Crippen molar-refractivity contribution in [2.75, 3.05) is 19.8 Å². The van der Waals surface area contributed by atoms with Gasteiger partial charge in [-0.1, -0.05) is 29.3 Å². The third kappa shape index (κ3) is 6.66. The Hall–Kier alpha value is -0.970. The number of carbonyl (C=O) groups excluding carboxylic acids is 1. The number of amides is 2. The Kier molecular flexibility index (Phi) is 7.63. The predicted octanol–water partition coefficient (Wildman–Crippen LogP) is 3.22. The van der Waals surface area contributed by atoms with Crippen LogP contribution in [0.2, 0.25) is 10.0 Å². The first-order valence-corrected chi connectivity index (χ1v) is 6.92. The van der Waals surface area contributed by atoms with Gasteiger partial charge < -0.3 is 15.4 Å². The average Bonchev–Trinajstić information content (AvgIpc) is 2.37. The van der Waals surface area contributed by atoms with E-state index in [9.17, 15) is 4.79 Å². The number of carbonyl (C=O) groups is 1. The van der Waals surface area contributed by atoms with Gasteiger partial charge in [0.05, 0.1) is 0 Å². The van der Waals surface area contributed by atoms with E-state index in [2.05, 4.69) is 10.6 Å². The molecule has 0 bridgehead atoms. The number of ether oxygens (including phenoxy) is 1. The van der Waals surface area contributed by atoms with Crippen LogP contribution in [0, 0.1) is 0 Å². The molecule has 19 heavy (non-hydrogen) atoms. The average molecular weight is 305 g/mol. The summed E-state index contributed by atoms with van der Waals surface area (Å²) in [5.41, 5.74) is 0.829. The summed E-state index contributed by atoms with van der Waals surface area (Å²) in [6, 6.07) is 4.97. The van der Waals surface area contributed by atoms with E-state index in [0.29, 0.717) is 36.3 Å². The first kappa shape index (κ1) is 16.1. The summed E-state index contributed by atoms with van der Waals surface area (Å²) in [4.78, 5) is 11.5. The van der Waals surface area contributed by atoms with Gasteiger partial charge in [0.1, 0.15) is 0 Å². The minimum atomic E-state index is -0.220. The second-order valence-corrected chi connectivity index (χ2v) is 4.74. The van der Waals surface area contributed by atoms with Gasteiger partial charge >= 0.3 is 6.03 Å². The summed E-state index contributed by atoms with van der Waals surface area (Å²) in [6.07, 6.45) is 0.795. The normalized spacial score (nSPS) is 10.3. The molecular weight excluding hydrogens is 287 g/mol. The minimum Gasteiger partial charge on any atom is -0.382 e. The molecule has 1 aromatic rings. The minimum absolute atomic E-state index is 0.220. The van der Waals surface area contributed by atoms with Crippen molar-refractivity contribution in [3.8, 4) is 0 Å². The second kappa shape index (κ2) is 9.02. The second-order valence-electron chi connectivity index (χ2n) is 3.90. The monoisotopic (exact) mass is 304 g/mol. The van der Waals surface area contributed by atoms with E-state index < -0.39 is 0 Å². The number of halogens is 2. The summed E-state index contributed by atoms with van der Waals surface area (Å²) in [5, 5.41) is 6.60. The number of rotatable bonds is 7. The molecule has 0 heterocycles. The highest BCUT2D eigenvalue weighted by atomic mass is 35.5. The first-order chi connectivity index (χ1) is 9.13. The maximum atomic E-state index is 11.5. The Morgan fingerprint density at radius 1 is 1.32 bits per heavy atom. The highest BCUT2D eigenvalue weighted by Gasteiger charge is 2.03. The van der Waals surface area contributed by atoms with E-state index in [1.165, 1.54) is 0 Å². The smallest absolute Gasteiger partial charge is 0.315 e. The van der Waals surface area contributed by atoms with Crippen LogP contribution in [0.25, 0.3) is 0 Å². The molecule has 0 unspecified atom stereocenters. The molecule has 6 heteroatoms. The summed E-state index contributed by atoms with van der Waals surface area (Å²) in [5.74, 6) is 0. The van der Waals surface area contributed by atoms with E-state index in [1.807, 2.05) is 6.92 Å². The Morgan fingerprint density at radius 2 is 2.11 bits per heavy atom. The molecule has 0 atom stereocenters. The van der Waals surface area contributed by atoms with Crippen LogP contribution < -0.4 is 10.6 Å². The Balaban J connectivity index is 2.22. The number of benzene rings is 1. The van der Waals surface area contributed by atoms with Crippen LogP contribution in [0.1, 0.15) is 18.9 Å². The zero-order chi connectivity index (χ0) is 14.1. The molecule has 0 aliphatic carbocycles. The van der Waals surface area contributed by atoms with Gasteiger partial charge in [-0.25, -0.2) is 4.79 Å². The molecule has 1 aromatic carbocycles. The number of urea groups is 1. The molecule has 0 spiro atoms. The van der Waals surface area contributed by atoms with Gasteiger partial charge in [-0.2, -0.15) is 0 Å². The maximum absolute atomic E-state index is 11.5. The molecule has 0 fully saturated rings. The van der Waals surface area contributed by atoms with Crippen LogP contribution in [0.3, 0.4) is 0 Å². The van der Waals surface area contributed by atoms with E-state index in [4.69, 9.17) is 27.9 Å². The van der Waals surface area contributed by atoms with E-state index in [0.717, 1.165) is 12.0 Å². The molecule has 1 rings (SSSR count). The van der Waals surface area contributed by atoms with Gasteiger partial charge in [0, 0.05) is 36.3 Å². The van der Waals surface area contributed by atoms with Crippen molar-refractivity contribution >= 4 is 29.2 Å². The molecule has 0 aliphatic rings. The molecule has 0 saturated heterocycles. The van der Waals surface area contributed by atoms with Gasteiger partial charge in [0.25, 0.3) is 0 Å². The molecule has 0 saturated carbocycles. The molecular formula is C13H18Cl2N2O2. The quantitative estimate of drug-likeness (QED) is 0.760. The number of hydrogen-bond acceptors (Lipinski definition) is 2. The van der Waals surface area contributed by atoms with E-state index in [1.54, 1.807) is 18.2 Å². The van der Waals surface area contributed by atoms with Gasteiger partial charge in [-0.3, -0.25) is 0 Å². The van der Waals surface area contributed by atoms with Gasteiger partial charge in [0.15, 0.2) is 0 Å². The third-order valence-electron chi connectivity index (χ3n) is 2.41. The molecule has 106 valence electrons. The Bertz CT molecular complexity index is 414. The number of nitrogens with one attached hydrogen (secondary N) is 2. The third-order valence-corrected chi connectivity index (χ3v) is 3.00. The van der Waals surface area contributed by atoms with Crippen LogP contribution >= 0.6 is 23.2 Å². The van der Waals surface area contributed by atoms with Crippen LogP contribution in [0.5, 0.6) is 0 Å². The van der Waals surface area contributed by atoms with Crippen molar-refractivity contribution in [1.82, 2.24) is 10.6 Å². The van der Waals surface area contributed by atoms with Crippen molar-refractivity contribution in [3.63, 3.8) is 0 Å². The van der Waals surface area contributed by atoms with Gasteiger partial charge in [-0.15, -0.1) is 0 Å². The lowest BCUT2D eigenvalue weighted by molar-refractivity contribution is 0.145. The van der Waals surface area contributed by atoms with E-state index >= 15 is 0 Å². The lowest BCUT2D eigenvalue weighted by Crippen LogP contribution is -2.35. The maximum Gasteiger partial charge on any atom is 0.315 e. The SMILES string of the molecule is CCOCCCNC(=O)NCc1ccc(Cl)cc1Cl. The van der Waals surface area contributed by atoms with Crippen molar-refractivity contribution in [3.05, 3.63) is 33.8 Å². The highest BCUT2D eigenvalue weighted by molar-refractivity contribution is 6.35. The summed E-state index contributed by atoms with van der Waals surface area (Å²) < 4.78 is 5.17. The molecule has 2 N–H and O–H groups in total. The fraction of sp³-hybridized carbons (Fsp3) is 0.462. The molecule has 0 aliphatic heterocycles. The molecule has 4 nitrogen and oxygen atoms in total. The summed E-state index contributed by atoms with van der Waals surface area (Å²) >= 11 is 11.8. The predicted molar refractivity (Wildman–Crippen MR) is 77.8 cm³/mol. The topological polar surface area (TPSA) is 50.4 Å². The van der Waals surface area contributed by atoms with Crippen LogP contribution in [0.4, 0.5) is 4.79 Å². The van der Waals surface area contributed by atoms with Crippen LogP contribution in [-0.2, 0) is 11.3 Å². The first-order valence-electron chi connectivity index (χ1n) is 6.17. The molecule has 0 aromatic heterocycles. The zero-order valence-electron chi connectivity index (χ0n) is 10.8. The standard InChI is InChI=1S/C13H18Cl2N2O2/c1-2-19-7-3-6-16-13(18)17-9-10-4-5-11(14)8-12(10)15/h4-5,8H,2-3,6-7,9H2,1H3,(H2,16,17,18). The van der Waals surface area contributed by atoms with E-state index in [-0.39, 0.29) is 6.03 Å². The Labute approximate surface area is 123 Å². The van der Waals surface area contributed by atoms with Crippen LogP contribution in [0.15, 0.2) is 18.2 Å². The fourth-order valence-corrected chi connectivity index (χ4v) is 1.90. The summed E-state index contributed by atoms with van der Waals surface area (Å²) in [6.45, 7) is 4.24. The zero-order valence-corrected chi connectivity index (χ0v) is 12.4. The fourth-order valence-electron chi connectivity index (χ4n) is 1.42. The highest BCUT2D eigenvalue weighted by Crippen LogP contribution is 2.20. The van der Waals surface area contributed by atoms with Gasteiger partial charge in [-0.05, 0) is 31.0 Å². The summed E-state index contributed by atoms with van der Waals surface area (Å²) in [7, 11) is 0. The van der Waals surface area contributed by atoms with Crippen molar-refractivity contribution < 1.29 is 9.53 Å². The van der Waals surface area contributed by atoms with Crippen molar-refractivity contribution in [1.29, 1.82) is 0 Å². The van der Waals surface area contributed by atoms with Crippen LogP contribution in [-0.4, -0.2) is 25.8 Å². The van der Waals surface area contributed by atoms with Gasteiger partial charge in [0.2, 0.25) is 0 Å². The van der Waals surface area contributed by atoms with Crippen molar-refractivity contribution in [2.24, 2.45) is 0 Å². The molecule has 2 amide bonds. The van der Waals surface area contributed by atoms with Crippen molar-refractivity contribution in [2.45, 2.75) is 19.9 Å². The Morgan fingerprint density at radius 3 is 2.79 bits per heavy atom. The lowest BCUT2D eigenvalue weighted by Gasteiger charge is -2.09. The largest absolute Gasteiger partial charge is 0.382 e. The lowest BCUT2D eigenvalue weighted by atomic mass is 10.2.